The Labute approximate surface area is 169 Å². The van der Waals surface area contributed by atoms with Crippen molar-refractivity contribution in [2.75, 3.05) is 26.3 Å². The highest BCUT2D eigenvalue weighted by atomic mass is 35.5. The lowest BCUT2D eigenvalue weighted by Gasteiger charge is -2.27. The molecule has 0 spiro atoms. The molecule has 1 aromatic heterocycles. The molecule has 2 heterocycles. The summed E-state index contributed by atoms with van der Waals surface area (Å²) in [6.45, 7) is 4.80. The lowest BCUT2D eigenvalue weighted by molar-refractivity contribution is -0.135. The Bertz CT molecular complexity index is 1040. The van der Waals surface area contributed by atoms with Crippen LogP contribution in [0, 0.1) is 6.92 Å². The molecule has 6 heteroatoms. The van der Waals surface area contributed by atoms with Crippen LogP contribution in [-0.4, -0.2) is 47.9 Å². The van der Waals surface area contributed by atoms with Crippen LogP contribution in [0.1, 0.15) is 11.1 Å². The van der Waals surface area contributed by atoms with E-state index in [2.05, 4.69) is 11.1 Å². The number of aryl methyl sites for hydroxylation is 1. The minimum absolute atomic E-state index is 0.109. The standard InChI is InChI=1S/C22H22ClN3O2/c1-16-6-7-18(12-20(16)23)24-13-17-14-26(21-5-3-2-4-19(17)21)15-22(27)25-8-10-28-11-9-25/h2-7,12-14H,8-11,15H2,1H3. The van der Waals surface area contributed by atoms with Gasteiger partial charge < -0.3 is 14.2 Å². The number of hydrogen-bond donors (Lipinski definition) is 0. The van der Waals surface area contributed by atoms with Crippen LogP contribution in [0.25, 0.3) is 10.9 Å². The van der Waals surface area contributed by atoms with Gasteiger partial charge in [-0.05, 0) is 30.7 Å². The molecule has 0 radical (unpaired) electrons. The normalized spacial score (nSPS) is 14.9. The maximum atomic E-state index is 12.7. The average molecular weight is 396 g/mol. The molecule has 1 amide bonds. The van der Waals surface area contributed by atoms with Crippen LogP contribution in [0.15, 0.2) is 53.7 Å². The second kappa shape index (κ2) is 8.17. The van der Waals surface area contributed by atoms with E-state index in [1.54, 1.807) is 0 Å². The van der Waals surface area contributed by atoms with Crippen molar-refractivity contribution in [2.24, 2.45) is 4.99 Å². The molecule has 1 fully saturated rings. The lowest BCUT2D eigenvalue weighted by atomic mass is 10.2. The lowest BCUT2D eigenvalue weighted by Crippen LogP contribution is -2.42. The topological polar surface area (TPSA) is 46.8 Å². The molecule has 2 aromatic carbocycles. The van der Waals surface area contributed by atoms with Crippen LogP contribution < -0.4 is 0 Å². The predicted octanol–water partition coefficient (Wildman–Crippen LogP) is 4.21. The molecule has 4 rings (SSSR count). The van der Waals surface area contributed by atoms with Crippen LogP contribution in [-0.2, 0) is 16.1 Å². The van der Waals surface area contributed by atoms with Gasteiger partial charge in [0.15, 0.2) is 0 Å². The number of aliphatic imine (C=N–C) groups is 1. The van der Waals surface area contributed by atoms with Crippen molar-refractivity contribution >= 4 is 40.3 Å². The fraction of sp³-hybridized carbons (Fsp3) is 0.273. The maximum absolute atomic E-state index is 12.7. The van der Waals surface area contributed by atoms with Crippen LogP contribution in [0.5, 0.6) is 0 Å². The van der Waals surface area contributed by atoms with Crippen LogP contribution in [0.4, 0.5) is 5.69 Å². The van der Waals surface area contributed by atoms with Gasteiger partial charge in [-0.25, -0.2) is 0 Å². The Morgan fingerprint density at radius 2 is 2.00 bits per heavy atom. The molecule has 0 atom stereocenters. The number of hydrogen-bond acceptors (Lipinski definition) is 3. The molecule has 1 saturated heterocycles. The van der Waals surface area contributed by atoms with Crippen molar-refractivity contribution in [1.29, 1.82) is 0 Å². The number of halogens is 1. The number of ether oxygens (including phenoxy) is 1. The Balaban J connectivity index is 1.61. The van der Waals surface area contributed by atoms with Gasteiger partial charge in [-0.2, -0.15) is 0 Å². The Morgan fingerprint density at radius 1 is 1.21 bits per heavy atom. The summed E-state index contributed by atoms with van der Waals surface area (Å²) in [5, 5.41) is 1.77. The van der Waals surface area contributed by atoms with E-state index < -0.39 is 0 Å². The molecule has 0 aliphatic carbocycles. The number of para-hydroxylation sites is 1. The third-order valence-electron chi connectivity index (χ3n) is 5.00. The van der Waals surface area contributed by atoms with E-state index in [1.807, 2.05) is 65.2 Å². The van der Waals surface area contributed by atoms with Gasteiger partial charge in [-0.15, -0.1) is 0 Å². The number of morpholine rings is 1. The highest BCUT2D eigenvalue weighted by Gasteiger charge is 2.18. The zero-order chi connectivity index (χ0) is 19.5. The summed E-state index contributed by atoms with van der Waals surface area (Å²) in [4.78, 5) is 19.1. The predicted molar refractivity (Wildman–Crippen MR) is 113 cm³/mol. The third-order valence-corrected chi connectivity index (χ3v) is 5.40. The van der Waals surface area contributed by atoms with Crippen molar-refractivity contribution in [3.05, 3.63) is 64.8 Å². The average Bonchev–Trinajstić information content (AvgIpc) is 3.07. The molecule has 1 aliphatic heterocycles. The number of amides is 1. The second-order valence-corrected chi connectivity index (χ2v) is 7.32. The summed E-state index contributed by atoms with van der Waals surface area (Å²) >= 11 is 6.20. The van der Waals surface area contributed by atoms with E-state index in [4.69, 9.17) is 16.3 Å². The second-order valence-electron chi connectivity index (χ2n) is 6.91. The first-order chi connectivity index (χ1) is 13.6. The molecule has 5 nitrogen and oxygen atoms in total. The summed E-state index contributed by atoms with van der Waals surface area (Å²) in [5.41, 5.74) is 3.82. The summed E-state index contributed by atoms with van der Waals surface area (Å²) in [5.74, 6) is 0.109. The largest absolute Gasteiger partial charge is 0.378 e. The van der Waals surface area contributed by atoms with Crippen molar-refractivity contribution in [3.8, 4) is 0 Å². The van der Waals surface area contributed by atoms with Crippen molar-refractivity contribution < 1.29 is 9.53 Å². The van der Waals surface area contributed by atoms with Crippen molar-refractivity contribution in [2.45, 2.75) is 13.5 Å². The first-order valence-corrected chi connectivity index (χ1v) is 9.73. The number of carbonyl (C=O) groups excluding carboxylic acids is 1. The minimum atomic E-state index is 0.109. The van der Waals surface area contributed by atoms with Gasteiger partial charge in [-0.1, -0.05) is 35.9 Å². The number of rotatable bonds is 4. The summed E-state index contributed by atoms with van der Waals surface area (Å²) in [6, 6.07) is 13.8. The van der Waals surface area contributed by atoms with E-state index in [0.717, 1.165) is 27.7 Å². The Morgan fingerprint density at radius 3 is 2.79 bits per heavy atom. The molecule has 3 aromatic rings. The molecule has 144 valence electrons. The zero-order valence-corrected chi connectivity index (χ0v) is 16.5. The van der Waals surface area contributed by atoms with E-state index in [-0.39, 0.29) is 5.91 Å². The quantitative estimate of drug-likeness (QED) is 0.621. The number of nitrogens with zero attached hydrogens (tertiary/aromatic N) is 3. The van der Waals surface area contributed by atoms with Gasteiger partial charge in [0.05, 0.1) is 18.9 Å². The molecule has 28 heavy (non-hydrogen) atoms. The van der Waals surface area contributed by atoms with Crippen molar-refractivity contribution in [3.63, 3.8) is 0 Å². The van der Waals surface area contributed by atoms with Crippen LogP contribution >= 0.6 is 11.6 Å². The van der Waals surface area contributed by atoms with Gasteiger partial charge in [0.1, 0.15) is 6.54 Å². The SMILES string of the molecule is Cc1ccc(N=Cc2cn(CC(=O)N3CCOCC3)c3ccccc23)cc1Cl. The van der Waals surface area contributed by atoms with Gasteiger partial charge >= 0.3 is 0 Å². The Hall–Kier alpha value is -2.63. The fourth-order valence-electron chi connectivity index (χ4n) is 3.37. The maximum Gasteiger partial charge on any atom is 0.242 e. The number of aromatic nitrogens is 1. The van der Waals surface area contributed by atoms with E-state index >= 15 is 0 Å². The molecule has 0 N–H and O–H groups in total. The van der Waals surface area contributed by atoms with Gasteiger partial charge in [0.25, 0.3) is 0 Å². The summed E-state index contributed by atoms with van der Waals surface area (Å²) < 4.78 is 7.33. The minimum Gasteiger partial charge on any atom is -0.378 e. The van der Waals surface area contributed by atoms with E-state index in [1.165, 1.54) is 0 Å². The zero-order valence-electron chi connectivity index (χ0n) is 15.8. The number of benzene rings is 2. The monoisotopic (exact) mass is 395 g/mol. The van der Waals surface area contributed by atoms with Gasteiger partial charge in [0, 0.05) is 47.0 Å². The molecule has 0 unspecified atom stereocenters. The summed E-state index contributed by atoms with van der Waals surface area (Å²) in [7, 11) is 0. The van der Waals surface area contributed by atoms with E-state index in [9.17, 15) is 4.79 Å². The first kappa shape index (κ1) is 18.7. The molecule has 0 bridgehead atoms. The van der Waals surface area contributed by atoms with Crippen LogP contribution in [0.2, 0.25) is 5.02 Å². The third kappa shape index (κ3) is 3.96. The van der Waals surface area contributed by atoms with Crippen LogP contribution in [0.3, 0.4) is 0 Å². The molecule has 1 aliphatic rings. The van der Waals surface area contributed by atoms with Crippen molar-refractivity contribution in [1.82, 2.24) is 9.47 Å². The fourth-order valence-corrected chi connectivity index (χ4v) is 3.55. The van der Waals surface area contributed by atoms with Gasteiger partial charge in [0.2, 0.25) is 5.91 Å². The molecular formula is C22H22ClN3O2. The smallest absolute Gasteiger partial charge is 0.242 e. The molecule has 0 saturated carbocycles. The molecular weight excluding hydrogens is 374 g/mol. The highest BCUT2D eigenvalue weighted by molar-refractivity contribution is 6.31. The summed E-state index contributed by atoms with van der Waals surface area (Å²) in [6.07, 6.45) is 3.82. The van der Waals surface area contributed by atoms with E-state index in [0.29, 0.717) is 37.9 Å². The van der Waals surface area contributed by atoms with Gasteiger partial charge in [-0.3, -0.25) is 9.79 Å². The highest BCUT2D eigenvalue weighted by Crippen LogP contribution is 2.24. The number of fused-ring (bicyclic) bond motifs is 1. The Kier molecular flexibility index (Phi) is 5.46. The first-order valence-electron chi connectivity index (χ1n) is 9.35. The number of carbonyl (C=O) groups is 1.